The van der Waals surface area contributed by atoms with E-state index >= 15 is 0 Å². The standard InChI is InChI=1S/C14H20N2O2/c1-3-13(17)12-10-11(4-5-14(12)18)16-8-6-15(2)7-9-16/h4-5,10,18H,3,6-9H2,1-2H3. The van der Waals surface area contributed by atoms with E-state index in [4.69, 9.17) is 0 Å². The van der Waals surface area contributed by atoms with Crippen LogP contribution >= 0.6 is 0 Å². The maximum absolute atomic E-state index is 11.7. The fourth-order valence-corrected chi connectivity index (χ4v) is 2.20. The zero-order chi connectivity index (χ0) is 13.1. The summed E-state index contributed by atoms with van der Waals surface area (Å²) in [4.78, 5) is 16.3. The van der Waals surface area contributed by atoms with Crippen molar-refractivity contribution in [1.82, 2.24) is 4.90 Å². The van der Waals surface area contributed by atoms with Crippen LogP contribution in [0, 0.1) is 0 Å². The lowest BCUT2D eigenvalue weighted by atomic mass is 10.1. The van der Waals surface area contributed by atoms with Crippen molar-refractivity contribution < 1.29 is 9.90 Å². The van der Waals surface area contributed by atoms with Gasteiger partial charge in [0.05, 0.1) is 5.56 Å². The highest BCUT2D eigenvalue weighted by molar-refractivity contribution is 5.99. The van der Waals surface area contributed by atoms with E-state index < -0.39 is 0 Å². The van der Waals surface area contributed by atoms with E-state index in [1.165, 1.54) is 0 Å². The Kier molecular flexibility index (Phi) is 3.87. The lowest BCUT2D eigenvalue weighted by Gasteiger charge is -2.34. The first-order valence-corrected chi connectivity index (χ1v) is 6.41. The summed E-state index contributed by atoms with van der Waals surface area (Å²) < 4.78 is 0. The van der Waals surface area contributed by atoms with E-state index in [1.807, 2.05) is 19.1 Å². The second kappa shape index (κ2) is 5.40. The number of nitrogens with zero attached hydrogens (tertiary/aromatic N) is 2. The van der Waals surface area contributed by atoms with Gasteiger partial charge in [0.2, 0.25) is 0 Å². The third kappa shape index (κ3) is 2.64. The Morgan fingerprint density at radius 1 is 1.28 bits per heavy atom. The molecule has 1 aromatic carbocycles. The smallest absolute Gasteiger partial charge is 0.166 e. The van der Waals surface area contributed by atoms with Gasteiger partial charge < -0.3 is 14.9 Å². The molecule has 0 aromatic heterocycles. The van der Waals surface area contributed by atoms with E-state index in [-0.39, 0.29) is 11.5 Å². The molecule has 0 amide bonds. The lowest BCUT2D eigenvalue weighted by Crippen LogP contribution is -2.44. The zero-order valence-corrected chi connectivity index (χ0v) is 11.0. The van der Waals surface area contributed by atoms with Gasteiger partial charge in [0.1, 0.15) is 5.75 Å². The Morgan fingerprint density at radius 2 is 1.94 bits per heavy atom. The van der Waals surface area contributed by atoms with Gasteiger partial charge in [-0.3, -0.25) is 4.79 Å². The number of hydrogen-bond acceptors (Lipinski definition) is 4. The van der Waals surface area contributed by atoms with Crippen LogP contribution in [0.15, 0.2) is 18.2 Å². The van der Waals surface area contributed by atoms with Crippen LogP contribution in [-0.4, -0.2) is 49.0 Å². The number of hydrogen-bond donors (Lipinski definition) is 1. The molecule has 0 aliphatic carbocycles. The first kappa shape index (κ1) is 12.9. The van der Waals surface area contributed by atoms with Crippen LogP contribution in [0.2, 0.25) is 0 Å². The largest absolute Gasteiger partial charge is 0.507 e. The molecule has 4 nitrogen and oxygen atoms in total. The molecule has 1 aliphatic rings. The monoisotopic (exact) mass is 248 g/mol. The van der Waals surface area contributed by atoms with Crippen molar-refractivity contribution >= 4 is 11.5 Å². The molecule has 0 bridgehead atoms. The zero-order valence-electron chi connectivity index (χ0n) is 11.0. The molecule has 0 spiro atoms. The van der Waals surface area contributed by atoms with Crippen LogP contribution in [0.5, 0.6) is 5.75 Å². The summed E-state index contributed by atoms with van der Waals surface area (Å²) >= 11 is 0. The van der Waals surface area contributed by atoms with Gasteiger partial charge in [0, 0.05) is 38.3 Å². The van der Waals surface area contributed by atoms with E-state index in [2.05, 4.69) is 16.8 Å². The van der Waals surface area contributed by atoms with Gasteiger partial charge in [0.25, 0.3) is 0 Å². The van der Waals surface area contributed by atoms with Crippen molar-refractivity contribution in [2.24, 2.45) is 0 Å². The molecule has 0 radical (unpaired) electrons. The number of likely N-dealkylation sites (N-methyl/N-ethyl adjacent to an activating group) is 1. The Labute approximate surface area is 108 Å². The quantitative estimate of drug-likeness (QED) is 0.827. The van der Waals surface area contributed by atoms with Crippen LogP contribution in [0.3, 0.4) is 0 Å². The topological polar surface area (TPSA) is 43.8 Å². The van der Waals surface area contributed by atoms with Crippen LogP contribution in [-0.2, 0) is 0 Å². The first-order valence-electron chi connectivity index (χ1n) is 6.41. The Hall–Kier alpha value is -1.55. The molecule has 2 rings (SSSR count). The minimum Gasteiger partial charge on any atom is -0.507 e. The van der Waals surface area contributed by atoms with Gasteiger partial charge in [-0.25, -0.2) is 0 Å². The molecule has 1 fully saturated rings. The fraction of sp³-hybridized carbons (Fsp3) is 0.500. The molecular formula is C14H20N2O2. The summed E-state index contributed by atoms with van der Waals surface area (Å²) in [6.07, 6.45) is 0.416. The molecule has 18 heavy (non-hydrogen) atoms. The molecule has 0 atom stereocenters. The minimum absolute atomic E-state index is 0.0107. The van der Waals surface area contributed by atoms with Gasteiger partial charge in [-0.15, -0.1) is 0 Å². The van der Waals surface area contributed by atoms with Crippen LogP contribution in [0.4, 0.5) is 5.69 Å². The second-order valence-corrected chi connectivity index (χ2v) is 4.77. The molecule has 4 heteroatoms. The first-order chi connectivity index (χ1) is 8.61. The summed E-state index contributed by atoms with van der Waals surface area (Å²) in [6.45, 7) is 5.78. The van der Waals surface area contributed by atoms with Crippen LogP contribution in [0.1, 0.15) is 23.7 Å². The average molecular weight is 248 g/mol. The summed E-state index contributed by atoms with van der Waals surface area (Å²) in [6, 6.07) is 5.32. The van der Waals surface area contributed by atoms with Gasteiger partial charge >= 0.3 is 0 Å². The molecule has 0 saturated carbocycles. The fourth-order valence-electron chi connectivity index (χ4n) is 2.20. The third-order valence-corrected chi connectivity index (χ3v) is 3.47. The number of aromatic hydroxyl groups is 1. The Balaban J connectivity index is 2.21. The van der Waals surface area contributed by atoms with Gasteiger partial charge in [-0.1, -0.05) is 6.92 Å². The molecule has 98 valence electrons. The molecular weight excluding hydrogens is 228 g/mol. The minimum atomic E-state index is -0.0107. The van der Waals surface area contributed by atoms with Crippen molar-refractivity contribution in [3.63, 3.8) is 0 Å². The maximum Gasteiger partial charge on any atom is 0.166 e. The SMILES string of the molecule is CCC(=O)c1cc(N2CCN(C)CC2)ccc1O. The van der Waals surface area contributed by atoms with Crippen LogP contribution < -0.4 is 4.90 Å². The number of ketones is 1. The highest BCUT2D eigenvalue weighted by Crippen LogP contribution is 2.25. The number of phenolic OH excluding ortho intramolecular Hbond substituents is 1. The van der Waals surface area contributed by atoms with Crippen molar-refractivity contribution in [3.05, 3.63) is 23.8 Å². The van der Waals surface area contributed by atoms with E-state index in [0.29, 0.717) is 12.0 Å². The van der Waals surface area contributed by atoms with E-state index in [9.17, 15) is 9.90 Å². The highest BCUT2D eigenvalue weighted by atomic mass is 16.3. The summed E-state index contributed by atoms with van der Waals surface area (Å²) in [5.74, 6) is 0.0724. The van der Waals surface area contributed by atoms with Gasteiger partial charge in [0.15, 0.2) is 5.78 Å². The third-order valence-electron chi connectivity index (χ3n) is 3.47. The Morgan fingerprint density at radius 3 is 2.56 bits per heavy atom. The second-order valence-electron chi connectivity index (χ2n) is 4.77. The van der Waals surface area contributed by atoms with Crippen molar-refractivity contribution in [2.75, 3.05) is 38.1 Å². The number of rotatable bonds is 3. The predicted molar refractivity (Wildman–Crippen MR) is 72.4 cm³/mol. The summed E-state index contributed by atoms with van der Waals surface area (Å²) in [5, 5.41) is 9.73. The maximum atomic E-state index is 11.7. The summed E-state index contributed by atoms with van der Waals surface area (Å²) in [5.41, 5.74) is 1.46. The lowest BCUT2D eigenvalue weighted by molar-refractivity contribution is 0.0985. The molecule has 0 unspecified atom stereocenters. The van der Waals surface area contributed by atoms with Crippen molar-refractivity contribution in [3.8, 4) is 5.75 Å². The Bertz CT molecular complexity index is 437. The number of carbonyl (C=O) groups is 1. The number of Topliss-reactive ketones (excluding diaryl/α,β-unsaturated/α-hetero) is 1. The summed E-state index contributed by atoms with van der Waals surface area (Å²) in [7, 11) is 2.11. The van der Waals surface area contributed by atoms with Gasteiger partial charge in [-0.05, 0) is 25.2 Å². The number of piperazine rings is 1. The normalized spacial score (nSPS) is 16.9. The number of benzene rings is 1. The molecule has 1 saturated heterocycles. The van der Waals surface area contributed by atoms with Crippen LogP contribution in [0.25, 0.3) is 0 Å². The van der Waals surface area contributed by atoms with Gasteiger partial charge in [-0.2, -0.15) is 0 Å². The number of phenols is 1. The van der Waals surface area contributed by atoms with E-state index in [1.54, 1.807) is 6.07 Å². The molecule has 1 heterocycles. The van der Waals surface area contributed by atoms with Crippen molar-refractivity contribution in [2.45, 2.75) is 13.3 Å². The molecule has 1 N–H and O–H groups in total. The van der Waals surface area contributed by atoms with E-state index in [0.717, 1.165) is 31.9 Å². The molecule has 1 aromatic rings. The molecule has 1 aliphatic heterocycles. The predicted octanol–water partition coefficient (Wildman–Crippen LogP) is 1.74. The number of anilines is 1. The highest BCUT2D eigenvalue weighted by Gasteiger charge is 2.17. The number of carbonyl (C=O) groups excluding carboxylic acids is 1. The van der Waals surface area contributed by atoms with Crippen molar-refractivity contribution in [1.29, 1.82) is 0 Å². The average Bonchev–Trinajstić information content (AvgIpc) is 2.39.